The molecule has 186 valence electrons. The van der Waals surface area contributed by atoms with Crippen molar-refractivity contribution in [1.82, 2.24) is 20.4 Å². The van der Waals surface area contributed by atoms with Crippen molar-refractivity contribution < 1.29 is 19.2 Å². The molecule has 1 aliphatic heterocycles. The Balaban J connectivity index is 1.47. The number of hydrogen-bond acceptors (Lipinski definition) is 7. The number of β-amino-alcohol motifs (C(OH)–C–C–N with tert-alkyl or cyclic N) is 1. The van der Waals surface area contributed by atoms with Gasteiger partial charge in [-0.1, -0.05) is 43.3 Å². The first-order valence-electron chi connectivity index (χ1n) is 11.9. The molecule has 2 aromatic heterocycles. The molecule has 1 aliphatic rings. The molecule has 4 rings (SSSR count). The van der Waals surface area contributed by atoms with Gasteiger partial charge in [0.1, 0.15) is 17.7 Å². The van der Waals surface area contributed by atoms with Gasteiger partial charge in [0.15, 0.2) is 0 Å². The Morgan fingerprint density at radius 3 is 2.49 bits per heavy atom. The molecular formula is C26H32N4O4S. The number of aryl methyl sites for hydroxylation is 2. The number of nitrogens with one attached hydrogen (secondary N) is 1. The molecule has 0 saturated carbocycles. The second-order valence-electron chi connectivity index (χ2n) is 9.61. The van der Waals surface area contributed by atoms with E-state index in [0.717, 1.165) is 21.7 Å². The fourth-order valence-corrected chi connectivity index (χ4v) is 5.46. The first kappa shape index (κ1) is 25.1. The summed E-state index contributed by atoms with van der Waals surface area (Å²) >= 11 is 1.60. The third-order valence-electron chi connectivity index (χ3n) is 6.53. The molecule has 0 bridgehead atoms. The molecule has 3 heterocycles. The van der Waals surface area contributed by atoms with Crippen molar-refractivity contribution >= 4 is 23.2 Å². The highest BCUT2D eigenvalue weighted by molar-refractivity contribution is 7.13. The Bertz CT molecular complexity index is 1190. The van der Waals surface area contributed by atoms with Crippen LogP contribution in [0.3, 0.4) is 0 Å². The fraction of sp³-hybridized carbons (Fsp3) is 0.462. The molecule has 0 aliphatic carbocycles. The first-order chi connectivity index (χ1) is 16.7. The molecule has 0 unspecified atom stereocenters. The van der Waals surface area contributed by atoms with Crippen LogP contribution >= 0.6 is 11.3 Å². The normalized spacial score (nSPS) is 19.7. The Kier molecular flexibility index (Phi) is 7.37. The molecule has 2 N–H and O–H groups in total. The van der Waals surface area contributed by atoms with Gasteiger partial charge in [-0.2, -0.15) is 0 Å². The summed E-state index contributed by atoms with van der Waals surface area (Å²) in [6.45, 7) is 9.68. The van der Waals surface area contributed by atoms with Crippen LogP contribution in [0.25, 0.3) is 10.4 Å². The van der Waals surface area contributed by atoms with Crippen LogP contribution in [0.15, 0.2) is 40.4 Å². The summed E-state index contributed by atoms with van der Waals surface area (Å²) in [5.41, 5.74) is 5.56. The number of rotatable bonds is 7. The van der Waals surface area contributed by atoms with Crippen molar-refractivity contribution in [1.29, 1.82) is 0 Å². The average molecular weight is 497 g/mol. The van der Waals surface area contributed by atoms with Crippen LogP contribution < -0.4 is 5.32 Å². The summed E-state index contributed by atoms with van der Waals surface area (Å²) in [7, 11) is 0. The molecule has 0 spiro atoms. The molecule has 8 nitrogen and oxygen atoms in total. The summed E-state index contributed by atoms with van der Waals surface area (Å²) in [5, 5.41) is 17.3. The topological polar surface area (TPSA) is 109 Å². The van der Waals surface area contributed by atoms with E-state index in [-0.39, 0.29) is 36.7 Å². The van der Waals surface area contributed by atoms with Crippen molar-refractivity contribution in [2.45, 2.75) is 65.1 Å². The third kappa shape index (κ3) is 5.31. The van der Waals surface area contributed by atoms with Crippen LogP contribution in [0.4, 0.5) is 0 Å². The maximum Gasteiger partial charge on any atom is 0.243 e. The van der Waals surface area contributed by atoms with Gasteiger partial charge in [0.25, 0.3) is 0 Å². The second-order valence-corrected chi connectivity index (χ2v) is 10.5. The summed E-state index contributed by atoms with van der Waals surface area (Å²) in [5.74, 6) is -0.661. The van der Waals surface area contributed by atoms with Gasteiger partial charge in [0.05, 0.1) is 33.9 Å². The molecule has 35 heavy (non-hydrogen) atoms. The molecule has 9 heteroatoms. The lowest BCUT2D eigenvalue weighted by molar-refractivity contribution is -0.141. The standard InChI is InChI=1S/C26H32N4O4S/c1-14(2)23(22-10-15(3)29-34-22)26(33)30-12-20(31)11-21(30)25(32)28-16(4)18-6-8-19(9-7-18)24-17(5)27-13-35-24/h6-10,13-14,16,20-21,23,31H,11-12H2,1-5H3,(H,28,32)/t16-,20+,21-,23+/m0/s1. The Morgan fingerprint density at radius 2 is 1.91 bits per heavy atom. The van der Waals surface area contributed by atoms with Gasteiger partial charge in [0, 0.05) is 19.0 Å². The molecule has 1 fully saturated rings. The third-order valence-corrected chi connectivity index (χ3v) is 7.50. The zero-order chi connectivity index (χ0) is 25.3. The number of hydrogen-bond donors (Lipinski definition) is 2. The van der Waals surface area contributed by atoms with Gasteiger partial charge in [0.2, 0.25) is 11.8 Å². The number of aromatic nitrogens is 2. The smallest absolute Gasteiger partial charge is 0.243 e. The number of carbonyl (C=O) groups excluding carboxylic acids is 2. The van der Waals surface area contributed by atoms with Gasteiger partial charge in [-0.25, -0.2) is 4.98 Å². The minimum absolute atomic E-state index is 0.0593. The largest absolute Gasteiger partial charge is 0.391 e. The van der Waals surface area contributed by atoms with E-state index in [9.17, 15) is 14.7 Å². The molecule has 2 amide bonds. The van der Waals surface area contributed by atoms with E-state index in [2.05, 4.69) is 15.5 Å². The van der Waals surface area contributed by atoms with Crippen molar-refractivity contribution in [3.05, 3.63) is 58.6 Å². The summed E-state index contributed by atoms with van der Waals surface area (Å²) < 4.78 is 5.39. The van der Waals surface area contributed by atoms with Crippen LogP contribution in [0, 0.1) is 19.8 Å². The zero-order valence-electron chi connectivity index (χ0n) is 20.7. The summed E-state index contributed by atoms with van der Waals surface area (Å²) in [4.78, 5) is 33.7. The van der Waals surface area contributed by atoms with Gasteiger partial charge in [-0.3, -0.25) is 9.59 Å². The number of carbonyl (C=O) groups is 2. The molecule has 4 atom stereocenters. The van der Waals surface area contributed by atoms with Crippen LogP contribution in [0.2, 0.25) is 0 Å². The number of amides is 2. The Hall–Kier alpha value is -3.04. The molecule has 0 radical (unpaired) electrons. The van der Waals surface area contributed by atoms with Crippen LogP contribution in [0.1, 0.15) is 61.9 Å². The lowest BCUT2D eigenvalue weighted by atomic mass is 9.91. The highest BCUT2D eigenvalue weighted by Gasteiger charge is 2.43. The van der Waals surface area contributed by atoms with Gasteiger partial charge >= 0.3 is 0 Å². The van der Waals surface area contributed by atoms with Gasteiger partial charge in [-0.15, -0.1) is 11.3 Å². The summed E-state index contributed by atoms with van der Waals surface area (Å²) in [6, 6.07) is 8.79. The molecule has 3 aromatic rings. The van der Waals surface area contributed by atoms with E-state index in [4.69, 9.17) is 4.52 Å². The molecule has 1 aromatic carbocycles. The number of aliphatic hydroxyl groups excluding tert-OH is 1. The highest BCUT2D eigenvalue weighted by atomic mass is 32.1. The first-order valence-corrected chi connectivity index (χ1v) is 12.8. The van der Waals surface area contributed by atoms with E-state index < -0.39 is 18.1 Å². The minimum Gasteiger partial charge on any atom is -0.391 e. The molecule has 1 saturated heterocycles. The van der Waals surface area contributed by atoms with Crippen molar-refractivity contribution in [3.8, 4) is 10.4 Å². The zero-order valence-corrected chi connectivity index (χ0v) is 21.5. The van der Waals surface area contributed by atoms with Gasteiger partial charge in [-0.05, 0) is 37.8 Å². The predicted octanol–water partition coefficient (Wildman–Crippen LogP) is 3.99. The lowest BCUT2D eigenvalue weighted by Crippen LogP contribution is -2.48. The Morgan fingerprint density at radius 1 is 1.20 bits per heavy atom. The average Bonchev–Trinajstić information content (AvgIpc) is 3.53. The number of nitrogens with zero attached hydrogens (tertiary/aromatic N) is 3. The quantitative estimate of drug-likeness (QED) is 0.512. The summed E-state index contributed by atoms with van der Waals surface area (Å²) in [6.07, 6.45) is -0.551. The monoisotopic (exact) mass is 496 g/mol. The van der Waals surface area contributed by atoms with Crippen LogP contribution in [0.5, 0.6) is 0 Å². The number of likely N-dealkylation sites (tertiary alicyclic amines) is 1. The van der Waals surface area contributed by atoms with Crippen molar-refractivity contribution in [3.63, 3.8) is 0 Å². The number of aliphatic hydroxyl groups is 1. The maximum absolute atomic E-state index is 13.5. The van der Waals surface area contributed by atoms with E-state index in [1.54, 1.807) is 24.3 Å². The lowest BCUT2D eigenvalue weighted by Gasteiger charge is -2.29. The Labute approximate surface area is 209 Å². The van der Waals surface area contributed by atoms with E-state index in [1.807, 2.05) is 57.5 Å². The van der Waals surface area contributed by atoms with Gasteiger partial charge < -0.3 is 19.8 Å². The van der Waals surface area contributed by atoms with Crippen molar-refractivity contribution in [2.24, 2.45) is 5.92 Å². The molecular weight excluding hydrogens is 464 g/mol. The van der Waals surface area contributed by atoms with E-state index in [0.29, 0.717) is 11.5 Å². The fourth-order valence-electron chi connectivity index (χ4n) is 4.64. The minimum atomic E-state index is -0.754. The van der Waals surface area contributed by atoms with E-state index in [1.165, 1.54) is 4.90 Å². The van der Waals surface area contributed by atoms with Crippen molar-refractivity contribution in [2.75, 3.05) is 6.54 Å². The SMILES string of the molecule is Cc1cc([C@H](C(=O)N2C[C@H](O)C[C@H]2C(=O)N[C@@H](C)c2ccc(-c3scnc3C)cc2)C(C)C)on1. The van der Waals surface area contributed by atoms with E-state index >= 15 is 0 Å². The van der Waals surface area contributed by atoms with Crippen LogP contribution in [-0.4, -0.2) is 50.7 Å². The van der Waals surface area contributed by atoms with Crippen LogP contribution in [-0.2, 0) is 9.59 Å². The second kappa shape index (κ2) is 10.3. The highest BCUT2D eigenvalue weighted by Crippen LogP contribution is 2.32. The number of thiazole rings is 1. The number of benzene rings is 1. The predicted molar refractivity (Wildman–Crippen MR) is 134 cm³/mol. The maximum atomic E-state index is 13.5.